The first kappa shape index (κ1) is 4.99. The Morgan fingerprint density at radius 3 is 2.40 bits per heavy atom. The van der Waals surface area contributed by atoms with E-state index in [1.807, 2.05) is 6.92 Å². The highest BCUT2D eigenvalue weighted by Gasteiger charge is 1.49. The lowest BCUT2D eigenvalue weighted by atomic mass is 10.5. The lowest BCUT2D eigenvalue weighted by Gasteiger charge is -1.57. The Hall–Kier alpha value is -0.0100. The standard InChI is InChI=1S/C4H5P/c1-2-3-4-5/h2H2,1H3. The monoisotopic (exact) mass is 84.0 g/mol. The fraction of sp³-hybridized carbons (Fsp3) is 0.500. The van der Waals surface area contributed by atoms with Crippen LogP contribution in [0.5, 0.6) is 0 Å². The molecule has 0 nitrogen and oxygen atoms in total. The average molecular weight is 84.1 g/mol. The van der Waals surface area contributed by atoms with Crippen molar-refractivity contribution in [3.63, 3.8) is 0 Å². The first-order valence-electron chi connectivity index (χ1n) is 1.53. The predicted octanol–water partition coefficient (Wildman–Crippen LogP) is 1.77. The molecule has 0 heterocycles. The lowest BCUT2D eigenvalue weighted by molar-refractivity contribution is 1.28. The maximum Gasteiger partial charge on any atom is 0.0586 e. The first-order valence-corrected chi connectivity index (χ1v) is 1.98. The second kappa shape index (κ2) is 3.99. The molecular formula is C4H5P. The van der Waals surface area contributed by atoms with Gasteiger partial charge in [-0.05, 0) is 0 Å². The molecule has 0 aliphatic rings. The first-order chi connectivity index (χ1) is 2.41. The van der Waals surface area contributed by atoms with Gasteiger partial charge in [0.05, 0.1) is 9.24 Å². The van der Waals surface area contributed by atoms with Crippen molar-refractivity contribution in [2.45, 2.75) is 13.3 Å². The van der Waals surface area contributed by atoms with E-state index < -0.39 is 0 Å². The third-order valence-corrected chi connectivity index (χ3v) is 0.414. The van der Waals surface area contributed by atoms with Crippen LogP contribution < -0.4 is 0 Å². The van der Waals surface area contributed by atoms with Gasteiger partial charge in [-0.25, -0.2) is 0 Å². The maximum absolute atomic E-state index is 3.64. The highest BCUT2D eigenvalue weighted by Crippen LogP contribution is 1.71. The second-order valence-corrected chi connectivity index (χ2v) is 0.866. The molecule has 0 saturated carbocycles. The quantitative estimate of drug-likeness (QED) is 0.310. The summed E-state index contributed by atoms with van der Waals surface area (Å²) in [6.07, 6.45) is 0.906. The lowest BCUT2D eigenvalue weighted by Crippen LogP contribution is -1.42. The molecule has 0 aromatic heterocycles. The van der Waals surface area contributed by atoms with Crippen molar-refractivity contribution in [2.24, 2.45) is 0 Å². The fourth-order valence-electron chi connectivity index (χ4n) is 0.0791. The molecule has 0 fully saturated rings. The molecule has 2 radical (unpaired) electrons. The summed E-state index contributed by atoms with van der Waals surface area (Å²) in [6.45, 7) is 1.99. The number of rotatable bonds is 0. The molecule has 0 aromatic carbocycles. The minimum atomic E-state index is 0.906. The van der Waals surface area contributed by atoms with Gasteiger partial charge < -0.3 is 0 Å². The summed E-state index contributed by atoms with van der Waals surface area (Å²) in [6, 6.07) is 0. The van der Waals surface area contributed by atoms with Crippen LogP contribution in [0.2, 0.25) is 0 Å². The van der Waals surface area contributed by atoms with Gasteiger partial charge in [0.15, 0.2) is 0 Å². The molecule has 0 amide bonds. The van der Waals surface area contributed by atoms with Gasteiger partial charge >= 0.3 is 0 Å². The van der Waals surface area contributed by atoms with Crippen LogP contribution in [-0.2, 0) is 0 Å². The van der Waals surface area contributed by atoms with E-state index in [1.54, 1.807) is 0 Å². The van der Waals surface area contributed by atoms with Crippen molar-refractivity contribution in [1.29, 1.82) is 0 Å². The van der Waals surface area contributed by atoms with Gasteiger partial charge in [-0.1, -0.05) is 18.5 Å². The minimum absolute atomic E-state index is 0.906. The normalized spacial score (nSPS) is 5.20. The SMILES string of the molecule is CCC#C[P]. The molecule has 0 N–H and O–H groups in total. The van der Waals surface area contributed by atoms with Crippen molar-refractivity contribution in [3.8, 4) is 11.6 Å². The molecule has 0 rings (SSSR count). The topological polar surface area (TPSA) is 0 Å². The minimum Gasteiger partial charge on any atom is -0.0981 e. The number of hydrogen-bond acceptors (Lipinski definition) is 0. The summed E-state index contributed by atoms with van der Waals surface area (Å²) in [5.41, 5.74) is 2.46. The van der Waals surface area contributed by atoms with Crippen molar-refractivity contribution in [2.75, 3.05) is 0 Å². The van der Waals surface area contributed by atoms with Gasteiger partial charge in [0.1, 0.15) is 0 Å². The smallest absolute Gasteiger partial charge is 0.0586 e. The van der Waals surface area contributed by atoms with Gasteiger partial charge in [0.25, 0.3) is 0 Å². The molecule has 0 spiro atoms. The van der Waals surface area contributed by atoms with Gasteiger partial charge in [-0.2, -0.15) is 0 Å². The molecule has 0 bridgehead atoms. The van der Waals surface area contributed by atoms with Crippen LogP contribution in [-0.4, -0.2) is 0 Å². The third-order valence-electron chi connectivity index (χ3n) is 0.256. The summed E-state index contributed by atoms with van der Waals surface area (Å²) in [4.78, 5) is 0. The van der Waals surface area contributed by atoms with Crippen LogP contribution in [0.3, 0.4) is 0 Å². The number of hydrogen-bond donors (Lipinski definition) is 0. The maximum atomic E-state index is 3.64. The van der Waals surface area contributed by atoms with E-state index in [0.717, 1.165) is 6.42 Å². The van der Waals surface area contributed by atoms with Gasteiger partial charge in [0.2, 0.25) is 0 Å². The predicted molar refractivity (Wildman–Crippen MR) is 25.0 cm³/mol. The van der Waals surface area contributed by atoms with Crippen molar-refractivity contribution < 1.29 is 0 Å². The van der Waals surface area contributed by atoms with E-state index in [4.69, 9.17) is 0 Å². The molecule has 0 atom stereocenters. The summed E-state index contributed by atoms with van der Waals surface area (Å²) < 4.78 is 0. The van der Waals surface area contributed by atoms with E-state index >= 15 is 0 Å². The molecule has 5 heavy (non-hydrogen) atoms. The fourth-order valence-corrected chi connectivity index (χ4v) is 0.237. The molecule has 0 aliphatic carbocycles. The Kier molecular flexibility index (Phi) is 3.98. The Balaban J connectivity index is 2.81. The molecule has 0 unspecified atom stereocenters. The molecule has 0 saturated heterocycles. The van der Waals surface area contributed by atoms with Gasteiger partial charge in [-0.3, -0.25) is 0 Å². The molecular weight excluding hydrogens is 79.0 g/mol. The zero-order valence-electron chi connectivity index (χ0n) is 3.15. The third kappa shape index (κ3) is 3.99. The van der Waals surface area contributed by atoms with Crippen LogP contribution in [0.15, 0.2) is 0 Å². The van der Waals surface area contributed by atoms with Crippen molar-refractivity contribution in [3.05, 3.63) is 0 Å². The van der Waals surface area contributed by atoms with Crippen LogP contribution in [0.25, 0.3) is 0 Å². The molecule has 0 aliphatic heterocycles. The molecule has 0 aromatic rings. The van der Waals surface area contributed by atoms with E-state index in [-0.39, 0.29) is 0 Å². The van der Waals surface area contributed by atoms with Gasteiger partial charge in [0, 0.05) is 6.42 Å². The van der Waals surface area contributed by atoms with E-state index in [9.17, 15) is 0 Å². The summed E-state index contributed by atoms with van der Waals surface area (Å²) in [5, 5.41) is 0. The molecule has 26 valence electrons. The Labute approximate surface area is 35.2 Å². The van der Waals surface area contributed by atoms with Gasteiger partial charge in [-0.15, -0.1) is 0 Å². The highest BCUT2D eigenvalue weighted by atomic mass is 31.0. The second-order valence-electron chi connectivity index (χ2n) is 0.642. The van der Waals surface area contributed by atoms with Crippen LogP contribution in [0, 0.1) is 11.6 Å². The highest BCUT2D eigenvalue weighted by molar-refractivity contribution is 7.23. The zero-order valence-corrected chi connectivity index (χ0v) is 4.05. The summed E-state index contributed by atoms with van der Waals surface area (Å²) >= 11 is 0. The van der Waals surface area contributed by atoms with Crippen LogP contribution >= 0.6 is 9.24 Å². The Morgan fingerprint density at radius 1 is 1.80 bits per heavy atom. The van der Waals surface area contributed by atoms with E-state index in [0.29, 0.717) is 0 Å². The Morgan fingerprint density at radius 2 is 2.40 bits per heavy atom. The van der Waals surface area contributed by atoms with E-state index in [1.165, 1.54) is 0 Å². The van der Waals surface area contributed by atoms with Crippen LogP contribution in [0.4, 0.5) is 0 Å². The zero-order chi connectivity index (χ0) is 4.12. The molecule has 1 heteroatoms. The van der Waals surface area contributed by atoms with Crippen molar-refractivity contribution in [1.82, 2.24) is 0 Å². The van der Waals surface area contributed by atoms with Crippen molar-refractivity contribution >= 4 is 9.24 Å². The Bertz CT molecular complexity index is 55.8. The van der Waals surface area contributed by atoms with E-state index in [2.05, 4.69) is 20.8 Å². The summed E-state index contributed by atoms with van der Waals surface area (Å²) in [7, 11) is 3.64. The average Bonchev–Trinajstić information content (AvgIpc) is 1.41. The summed E-state index contributed by atoms with van der Waals surface area (Å²) in [5.74, 6) is 2.73. The van der Waals surface area contributed by atoms with Crippen LogP contribution in [0.1, 0.15) is 13.3 Å². The largest absolute Gasteiger partial charge is 0.0981 e.